The predicted octanol–water partition coefficient (Wildman–Crippen LogP) is -8.62. The average molecular weight is 522 g/mol. The van der Waals surface area contributed by atoms with Gasteiger partial charge in [-0.25, -0.2) is 0 Å². The second kappa shape index (κ2) is 13.2. The summed E-state index contributed by atoms with van der Waals surface area (Å²) in [7, 11) is 0. The summed E-state index contributed by atoms with van der Waals surface area (Å²) in [6.45, 7) is -1.86. The fourth-order valence-corrected chi connectivity index (χ4v) is 3.57. The van der Waals surface area contributed by atoms with E-state index in [1.165, 1.54) is 0 Å². The number of ether oxygens (including phenoxy) is 4. The molecule has 0 aromatic rings. The van der Waals surface area contributed by atoms with Crippen LogP contribution in [0.4, 0.5) is 0 Å². The lowest BCUT2D eigenvalue weighted by atomic mass is 9.98. The first-order valence-corrected chi connectivity index (χ1v) is 10.6. The number of aliphatic hydroxyl groups excluding tert-OH is 13. The van der Waals surface area contributed by atoms with Crippen LogP contribution < -0.4 is 0 Å². The van der Waals surface area contributed by atoms with E-state index in [-0.39, 0.29) is 0 Å². The minimum absolute atomic E-state index is 0.526. The second-order valence-corrected chi connectivity index (χ2v) is 8.25. The SMILES string of the molecule is OC[C@H]1OC(O)[C@@H](O)[C@@H](O)[C@@H]1O.OC[C@H]1O[C@H](O[C@H]2O[C@H](CO)[C@@H](O)[C@H](O)[C@H]2O)[C@H](O)[C@@H](O)[C@@H]1O. The lowest BCUT2D eigenvalue weighted by Crippen LogP contribution is -2.63. The van der Waals surface area contributed by atoms with Crippen molar-refractivity contribution in [3.63, 3.8) is 0 Å². The van der Waals surface area contributed by atoms with E-state index in [1.807, 2.05) is 0 Å². The molecule has 0 aromatic carbocycles. The summed E-state index contributed by atoms with van der Waals surface area (Å²) in [6, 6.07) is 0. The van der Waals surface area contributed by atoms with Crippen LogP contribution in [0.1, 0.15) is 0 Å². The zero-order chi connectivity index (χ0) is 26.6. The summed E-state index contributed by atoms with van der Waals surface area (Å²) in [6.07, 6.45) is -22.6. The van der Waals surface area contributed by atoms with Gasteiger partial charge in [-0.05, 0) is 0 Å². The van der Waals surface area contributed by atoms with Crippen molar-refractivity contribution in [2.75, 3.05) is 19.8 Å². The van der Waals surface area contributed by atoms with Gasteiger partial charge in [-0.15, -0.1) is 0 Å². The predicted molar refractivity (Wildman–Crippen MR) is 105 cm³/mol. The van der Waals surface area contributed by atoms with E-state index in [0.717, 1.165) is 0 Å². The smallest absolute Gasteiger partial charge is 0.189 e. The van der Waals surface area contributed by atoms with E-state index in [4.69, 9.17) is 50.0 Å². The Labute approximate surface area is 198 Å². The Bertz CT molecular complexity index is 585. The summed E-state index contributed by atoms with van der Waals surface area (Å²) in [5.41, 5.74) is 0. The highest BCUT2D eigenvalue weighted by molar-refractivity contribution is 4.92. The van der Waals surface area contributed by atoms with E-state index in [9.17, 15) is 30.6 Å². The van der Waals surface area contributed by atoms with E-state index < -0.39 is 112 Å². The standard InChI is InChI=1S/C12H22O11.C6H12O6/c13-1-3-5(15)7(17)9(19)11(21-3)23-12-10(20)8(18)6(16)4(2-14)22-12;7-1-2-3(8)4(9)5(10)6(11)12-2/h3-20H,1-2H2;2-11H,1H2/t3-,4-,5-,6-,7+,8+,9-,10-,11-,12-;2-,3-,4+,5+,6?/m11/s1. The molecule has 3 aliphatic heterocycles. The molecule has 0 spiro atoms. The van der Waals surface area contributed by atoms with E-state index in [2.05, 4.69) is 4.74 Å². The molecule has 0 radical (unpaired) electrons. The Kier molecular flexibility index (Phi) is 11.5. The van der Waals surface area contributed by atoms with Crippen molar-refractivity contribution >= 4 is 0 Å². The van der Waals surface area contributed by atoms with Gasteiger partial charge in [0.1, 0.15) is 73.2 Å². The number of rotatable bonds is 5. The molecule has 3 aliphatic rings. The second-order valence-electron chi connectivity index (χ2n) is 8.25. The zero-order valence-corrected chi connectivity index (χ0v) is 18.2. The van der Waals surface area contributed by atoms with Gasteiger partial charge >= 0.3 is 0 Å². The van der Waals surface area contributed by atoms with Gasteiger partial charge in [0.25, 0.3) is 0 Å². The van der Waals surface area contributed by atoms with Crippen molar-refractivity contribution in [3.05, 3.63) is 0 Å². The van der Waals surface area contributed by atoms with E-state index >= 15 is 0 Å². The summed E-state index contributed by atoms with van der Waals surface area (Å²) in [4.78, 5) is 0. The van der Waals surface area contributed by atoms with Crippen LogP contribution in [0.25, 0.3) is 0 Å². The third-order valence-corrected chi connectivity index (χ3v) is 5.83. The molecule has 0 aromatic heterocycles. The van der Waals surface area contributed by atoms with Crippen molar-refractivity contribution in [3.8, 4) is 0 Å². The highest BCUT2D eigenvalue weighted by Crippen LogP contribution is 2.28. The van der Waals surface area contributed by atoms with Crippen LogP contribution in [0, 0.1) is 0 Å². The van der Waals surface area contributed by atoms with Gasteiger partial charge in [-0.1, -0.05) is 0 Å². The molecule has 3 fully saturated rings. The molecule has 17 heteroatoms. The molecule has 3 saturated heterocycles. The molecule has 0 saturated carbocycles. The minimum atomic E-state index is -1.72. The molecule has 208 valence electrons. The molecule has 0 amide bonds. The number of hydrogen-bond donors (Lipinski definition) is 13. The fourth-order valence-electron chi connectivity index (χ4n) is 3.57. The molecular weight excluding hydrogens is 488 g/mol. The van der Waals surface area contributed by atoms with Crippen LogP contribution in [0.5, 0.6) is 0 Å². The van der Waals surface area contributed by atoms with E-state index in [1.54, 1.807) is 0 Å². The van der Waals surface area contributed by atoms with Gasteiger partial charge in [-0.3, -0.25) is 0 Å². The first-order chi connectivity index (χ1) is 16.4. The number of aliphatic hydroxyl groups is 13. The largest absolute Gasteiger partial charge is 0.394 e. The summed E-state index contributed by atoms with van der Waals surface area (Å²) >= 11 is 0. The van der Waals surface area contributed by atoms with Gasteiger partial charge < -0.3 is 85.3 Å². The third kappa shape index (κ3) is 6.80. The first-order valence-electron chi connectivity index (χ1n) is 10.6. The topological polar surface area (TPSA) is 300 Å². The Hall–Kier alpha value is -0.680. The van der Waals surface area contributed by atoms with Gasteiger partial charge in [0.05, 0.1) is 19.8 Å². The quantitative estimate of drug-likeness (QED) is 0.159. The van der Waals surface area contributed by atoms with Crippen LogP contribution in [0.15, 0.2) is 0 Å². The Morgan fingerprint density at radius 3 is 1.06 bits per heavy atom. The van der Waals surface area contributed by atoms with E-state index in [0.29, 0.717) is 0 Å². The number of hydrogen-bond acceptors (Lipinski definition) is 17. The lowest BCUT2D eigenvalue weighted by molar-refractivity contribution is -0.376. The van der Waals surface area contributed by atoms with Crippen molar-refractivity contribution < 1.29 is 85.3 Å². The molecule has 3 rings (SSSR count). The maximum Gasteiger partial charge on any atom is 0.189 e. The van der Waals surface area contributed by atoms with Crippen molar-refractivity contribution in [1.82, 2.24) is 0 Å². The Morgan fingerprint density at radius 1 is 0.400 bits per heavy atom. The van der Waals surface area contributed by atoms with Crippen molar-refractivity contribution in [1.29, 1.82) is 0 Å². The summed E-state index contributed by atoms with van der Waals surface area (Å²) < 4.78 is 19.9. The monoisotopic (exact) mass is 522 g/mol. The van der Waals surface area contributed by atoms with Crippen molar-refractivity contribution in [2.45, 2.75) is 92.1 Å². The molecule has 1 unspecified atom stereocenters. The van der Waals surface area contributed by atoms with Crippen LogP contribution in [-0.2, 0) is 18.9 Å². The average Bonchev–Trinajstić information content (AvgIpc) is 2.85. The fraction of sp³-hybridized carbons (Fsp3) is 1.00. The molecule has 0 aliphatic carbocycles. The molecule has 15 atom stereocenters. The highest BCUT2D eigenvalue weighted by atomic mass is 16.8. The summed E-state index contributed by atoms with van der Waals surface area (Å²) in [5.74, 6) is 0. The van der Waals surface area contributed by atoms with Gasteiger partial charge in [0, 0.05) is 0 Å². The Balaban J connectivity index is 0.000000303. The maximum atomic E-state index is 9.84. The maximum absolute atomic E-state index is 9.84. The normalized spacial score (nSPS) is 50.8. The van der Waals surface area contributed by atoms with Crippen LogP contribution in [-0.4, -0.2) is 178 Å². The van der Waals surface area contributed by atoms with Crippen LogP contribution in [0.3, 0.4) is 0 Å². The molecule has 35 heavy (non-hydrogen) atoms. The van der Waals surface area contributed by atoms with Crippen molar-refractivity contribution in [2.24, 2.45) is 0 Å². The van der Waals surface area contributed by atoms with Crippen LogP contribution >= 0.6 is 0 Å². The third-order valence-electron chi connectivity index (χ3n) is 5.83. The van der Waals surface area contributed by atoms with Gasteiger partial charge in [-0.2, -0.15) is 0 Å². The Morgan fingerprint density at radius 2 is 0.714 bits per heavy atom. The molecule has 13 N–H and O–H groups in total. The highest BCUT2D eigenvalue weighted by Gasteiger charge is 2.49. The molecular formula is C18H34O17. The molecule has 0 bridgehead atoms. The van der Waals surface area contributed by atoms with Gasteiger partial charge in [0.2, 0.25) is 0 Å². The van der Waals surface area contributed by atoms with Crippen LogP contribution in [0.2, 0.25) is 0 Å². The first kappa shape index (κ1) is 30.5. The lowest BCUT2D eigenvalue weighted by Gasteiger charge is -2.44. The summed E-state index contributed by atoms with van der Waals surface area (Å²) in [5, 5.41) is 121. The molecule has 17 nitrogen and oxygen atoms in total. The zero-order valence-electron chi connectivity index (χ0n) is 18.2. The molecule has 3 heterocycles. The minimum Gasteiger partial charge on any atom is -0.394 e. The van der Waals surface area contributed by atoms with Gasteiger partial charge in [0.15, 0.2) is 18.9 Å².